The van der Waals surface area contributed by atoms with Crippen molar-refractivity contribution in [1.82, 2.24) is 9.36 Å². The Labute approximate surface area is 98.0 Å². The summed E-state index contributed by atoms with van der Waals surface area (Å²) >= 11 is 3.33. The Morgan fingerprint density at radius 2 is 2.53 bits per heavy atom. The van der Waals surface area contributed by atoms with Crippen molar-refractivity contribution in [3.8, 4) is 0 Å². The highest BCUT2D eigenvalue weighted by Crippen LogP contribution is 2.26. The molecule has 0 amide bonds. The number of ether oxygens (including phenoxy) is 1. The first-order valence-corrected chi connectivity index (χ1v) is 7.09. The third-order valence-corrected chi connectivity index (χ3v) is 3.75. The molecule has 0 aromatic carbocycles. The monoisotopic (exact) mass is 245 g/mol. The Morgan fingerprint density at radius 1 is 1.60 bits per heavy atom. The lowest BCUT2D eigenvalue weighted by molar-refractivity contribution is 0.0704. The number of hydrogen-bond acceptors (Lipinski definition) is 6. The summed E-state index contributed by atoms with van der Waals surface area (Å²) in [6.07, 6.45) is 1.20. The summed E-state index contributed by atoms with van der Waals surface area (Å²) in [6, 6.07) is 0. The van der Waals surface area contributed by atoms with Gasteiger partial charge in [-0.1, -0.05) is 6.92 Å². The lowest BCUT2D eigenvalue weighted by atomic mass is 10.4. The van der Waals surface area contributed by atoms with Crippen molar-refractivity contribution in [1.29, 1.82) is 0 Å². The van der Waals surface area contributed by atoms with Gasteiger partial charge in [-0.15, -0.1) is 0 Å². The molecule has 1 atom stereocenters. The van der Waals surface area contributed by atoms with Crippen LogP contribution in [0, 0.1) is 0 Å². The van der Waals surface area contributed by atoms with Crippen LogP contribution in [0.5, 0.6) is 0 Å². The molecule has 1 fully saturated rings. The smallest absolute Gasteiger partial charge is 0.202 e. The molecule has 1 aromatic heterocycles. The molecule has 0 aliphatic carbocycles. The molecule has 1 aromatic rings. The van der Waals surface area contributed by atoms with Crippen LogP contribution in [-0.4, -0.2) is 34.0 Å². The summed E-state index contributed by atoms with van der Waals surface area (Å²) in [4.78, 5) is 4.43. The maximum absolute atomic E-state index is 5.61. The molecule has 0 saturated carbocycles. The van der Waals surface area contributed by atoms with E-state index < -0.39 is 0 Å². The predicted molar refractivity (Wildman–Crippen MR) is 64.7 cm³/mol. The normalized spacial score (nSPS) is 21.5. The van der Waals surface area contributed by atoms with Gasteiger partial charge in [0, 0.05) is 29.6 Å². The maximum atomic E-state index is 5.61. The number of nitrogens with one attached hydrogen (secondary N) is 1. The summed E-state index contributed by atoms with van der Waals surface area (Å²) in [5, 5.41) is 4.14. The number of aromatic nitrogens is 2. The topological polar surface area (TPSA) is 47.0 Å². The quantitative estimate of drug-likeness (QED) is 0.881. The minimum atomic E-state index is 0.0946. The molecule has 1 saturated heterocycles. The molecule has 1 N–H and O–H groups in total. The van der Waals surface area contributed by atoms with Crippen LogP contribution >= 0.6 is 23.3 Å². The second-order valence-electron chi connectivity index (χ2n) is 3.32. The lowest BCUT2D eigenvalue weighted by Crippen LogP contribution is -2.16. The Balaban J connectivity index is 1.93. The highest BCUT2D eigenvalue weighted by molar-refractivity contribution is 7.99. The van der Waals surface area contributed by atoms with Gasteiger partial charge in [0.15, 0.2) is 5.82 Å². The first kappa shape index (κ1) is 11.2. The third-order valence-electron chi connectivity index (χ3n) is 2.07. The molecule has 1 unspecified atom stereocenters. The molecule has 0 radical (unpaired) electrons. The van der Waals surface area contributed by atoms with Crippen LogP contribution in [0.3, 0.4) is 0 Å². The molecule has 0 bridgehead atoms. The maximum Gasteiger partial charge on any atom is 0.202 e. The van der Waals surface area contributed by atoms with Gasteiger partial charge in [-0.3, -0.25) is 0 Å². The minimum absolute atomic E-state index is 0.0946. The molecule has 1 aliphatic rings. The Kier molecular flexibility index (Phi) is 4.22. The van der Waals surface area contributed by atoms with Gasteiger partial charge >= 0.3 is 0 Å². The van der Waals surface area contributed by atoms with Gasteiger partial charge in [-0.2, -0.15) is 16.1 Å². The predicted octanol–water partition coefficient (Wildman–Crippen LogP) is 2.16. The molecule has 2 rings (SSSR count). The van der Waals surface area contributed by atoms with E-state index in [1.807, 2.05) is 11.8 Å². The van der Waals surface area contributed by atoms with Crippen LogP contribution in [0.25, 0.3) is 0 Å². The van der Waals surface area contributed by atoms with Crippen LogP contribution in [0.15, 0.2) is 0 Å². The van der Waals surface area contributed by atoms with E-state index in [2.05, 4.69) is 21.6 Å². The molecule has 84 valence electrons. The van der Waals surface area contributed by atoms with Gasteiger partial charge in [0.1, 0.15) is 6.10 Å². The first-order chi connectivity index (χ1) is 7.40. The van der Waals surface area contributed by atoms with E-state index in [0.717, 1.165) is 42.0 Å². The van der Waals surface area contributed by atoms with E-state index in [4.69, 9.17) is 4.74 Å². The van der Waals surface area contributed by atoms with Crippen molar-refractivity contribution in [3.05, 3.63) is 5.82 Å². The van der Waals surface area contributed by atoms with Gasteiger partial charge in [0.2, 0.25) is 5.13 Å². The van der Waals surface area contributed by atoms with Crippen LogP contribution in [0.1, 0.15) is 25.3 Å². The zero-order valence-electron chi connectivity index (χ0n) is 8.73. The lowest BCUT2D eigenvalue weighted by Gasteiger charge is -2.19. The average Bonchev–Trinajstić information content (AvgIpc) is 2.76. The molecule has 2 heterocycles. The van der Waals surface area contributed by atoms with Crippen LogP contribution in [0.2, 0.25) is 0 Å². The summed E-state index contributed by atoms with van der Waals surface area (Å²) in [5.74, 6) is 2.90. The van der Waals surface area contributed by atoms with E-state index in [9.17, 15) is 0 Å². The van der Waals surface area contributed by atoms with Gasteiger partial charge in [-0.25, -0.2) is 4.98 Å². The minimum Gasteiger partial charge on any atom is -0.368 e. The molecule has 0 spiro atoms. The second kappa shape index (κ2) is 5.67. The van der Waals surface area contributed by atoms with Crippen molar-refractivity contribution in [2.75, 3.05) is 30.0 Å². The number of anilines is 1. The van der Waals surface area contributed by atoms with Gasteiger partial charge in [0.25, 0.3) is 0 Å². The van der Waals surface area contributed by atoms with E-state index in [1.54, 1.807) is 0 Å². The summed E-state index contributed by atoms with van der Waals surface area (Å²) in [7, 11) is 0. The van der Waals surface area contributed by atoms with Gasteiger partial charge < -0.3 is 10.1 Å². The SMILES string of the molecule is CCCNc1nc(C2CSCCO2)ns1. The van der Waals surface area contributed by atoms with Crippen LogP contribution in [-0.2, 0) is 4.74 Å². The Bertz CT molecular complexity index is 299. The van der Waals surface area contributed by atoms with Crippen molar-refractivity contribution in [3.63, 3.8) is 0 Å². The van der Waals surface area contributed by atoms with Crippen molar-refractivity contribution in [2.45, 2.75) is 19.4 Å². The fourth-order valence-corrected chi connectivity index (χ4v) is 2.79. The van der Waals surface area contributed by atoms with E-state index in [-0.39, 0.29) is 6.10 Å². The highest BCUT2D eigenvalue weighted by Gasteiger charge is 2.20. The van der Waals surface area contributed by atoms with Crippen molar-refractivity contribution >= 4 is 28.4 Å². The summed E-state index contributed by atoms with van der Waals surface area (Å²) in [5.41, 5.74) is 0. The molecule has 15 heavy (non-hydrogen) atoms. The summed E-state index contributed by atoms with van der Waals surface area (Å²) < 4.78 is 9.94. The molecular weight excluding hydrogens is 230 g/mol. The molecule has 1 aliphatic heterocycles. The van der Waals surface area contributed by atoms with Crippen molar-refractivity contribution < 1.29 is 4.74 Å². The van der Waals surface area contributed by atoms with E-state index >= 15 is 0 Å². The van der Waals surface area contributed by atoms with Crippen LogP contribution in [0.4, 0.5) is 5.13 Å². The molecule has 4 nitrogen and oxygen atoms in total. The number of rotatable bonds is 4. The fraction of sp³-hybridized carbons (Fsp3) is 0.778. The third kappa shape index (κ3) is 3.06. The van der Waals surface area contributed by atoms with E-state index in [0.29, 0.717) is 0 Å². The highest BCUT2D eigenvalue weighted by atomic mass is 32.2. The largest absolute Gasteiger partial charge is 0.368 e. The average molecular weight is 245 g/mol. The second-order valence-corrected chi connectivity index (χ2v) is 5.22. The van der Waals surface area contributed by atoms with Crippen molar-refractivity contribution in [2.24, 2.45) is 0 Å². The van der Waals surface area contributed by atoms with Gasteiger partial charge in [0.05, 0.1) is 6.61 Å². The molecular formula is C9H15N3OS2. The van der Waals surface area contributed by atoms with Crippen LogP contribution < -0.4 is 5.32 Å². The number of thioether (sulfide) groups is 1. The zero-order chi connectivity index (χ0) is 10.5. The number of nitrogens with zero attached hydrogens (tertiary/aromatic N) is 2. The zero-order valence-corrected chi connectivity index (χ0v) is 10.4. The van der Waals surface area contributed by atoms with E-state index in [1.165, 1.54) is 11.5 Å². The Hall–Kier alpha value is -0.330. The summed E-state index contributed by atoms with van der Waals surface area (Å²) in [6.45, 7) is 3.90. The first-order valence-electron chi connectivity index (χ1n) is 5.17. The standard InChI is InChI=1S/C9H15N3OS2/c1-2-3-10-9-11-8(12-15-9)7-6-14-5-4-13-7/h7H,2-6H2,1H3,(H,10,11,12). The fourth-order valence-electron chi connectivity index (χ4n) is 1.31. The van der Waals surface area contributed by atoms with Gasteiger partial charge in [-0.05, 0) is 6.42 Å². The number of hydrogen-bond donors (Lipinski definition) is 1. The Morgan fingerprint density at radius 3 is 3.27 bits per heavy atom. The molecule has 6 heteroatoms.